The highest BCUT2D eigenvalue weighted by molar-refractivity contribution is 5.91. The SMILES string of the molecule is CC(C)CC1=CC(=O)N(Cc2ccccc2)C1. The average Bonchev–Trinajstić information content (AvgIpc) is 2.59. The highest BCUT2D eigenvalue weighted by atomic mass is 16.2. The van der Waals surface area contributed by atoms with Crippen molar-refractivity contribution >= 4 is 5.91 Å². The Bertz CT molecular complexity index is 420. The van der Waals surface area contributed by atoms with Gasteiger partial charge in [-0.15, -0.1) is 0 Å². The monoisotopic (exact) mass is 229 g/mol. The third-order valence-corrected chi connectivity index (χ3v) is 2.92. The van der Waals surface area contributed by atoms with E-state index in [-0.39, 0.29) is 5.91 Å². The van der Waals surface area contributed by atoms with E-state index in [0.717, 1.165) is 19.5 Å². The molecule has 1 aliphatic heterocycles. The van der Waals surface area contributed by atoms with Crippen LogP contribution in [0.3, 0.4) is 0 Å². The maximum Gasteiger partial charge on any atom is 0.247 e. The fraction of sp³-hybridized carbons (Fsp3) is 0.400. The van der Waals surface area contributed by atoms with Gasteiger partial charge in [0.05, 0.1) is 0 Å². The molecule has 0 saturated carbocycles. The van der Waals surface area contributed by atoms with Crippen LogP contribution in [0.1, 0.15) is 25.8 Å². The van der Waals surface area contributed by atoms with E-state index >= 15 is 0 Å². The Balaban J connectivity index is 1.96. The number of rotatable bonds is 4. The van der Waals surface area contributed by atoms with Crippen molar-refractivity contribution in [2.45, 2.75) is 26.8 Å². The van der Waals surface area contributed by atoms with Gasteiger partial charge >= 0.3 is 0 Å². The summed E-state index contributed by atoms with van der Waals surface area (Å²) < 4.78 is 0. The minimum atomic E-state index is 0.157. The lowest BCUT2D eigenvalue weighted by atomic mass is 10.0. The maximum atomic E-state index is 11.8. The van der Waals surface area contributed by atoms with Gasteiger partial charge in [-0.1, -0.05) is 44.2 Å². The second kappa shape index (κ2) is 5.17. The Kier molecular flexibility index (Phi) is 3.62. The second-order valence-corrected chi connectivity index (χ2v) is 5.08. The first-order chi connectivity index (χ1) is 8.15. The summed E-state index contributed by atoms with van der Waals surface area (Å²) in [5.41, 5.74) is 2.46. The molecular weight excluding hydrogens is 210 g/mol. The predicted molar refractivity (Wildman–Crippen MR) is 69.4 cm³/mol. The van der Waals surface area contributed by atoms with E-state index in [1.54, 1.807) is 0 Å². The van der Waals surface area contributed by atoms with E-state index in [1.807, 2.05) is 29.2 Å². The number of amides is 1. The molecule has 1 aromatic rings. The quantitative estimate of drug-likeness (QED) is 0.777. The van der Waals surface area contributed by atoms with Crippen molar-refractivity contribution in [3.05, 3.63) is 47.5 Å². The molecule has 1 aliphatic rings. The summed E-state index contributed by atoms with van der Waals surface area (Å²) in [4.78, 5) is 13.7. The number of hydrogen-bond donors (Lipinski definition) is 0. The number of nitrogens with zero attached hydrogens (tertiary/aromatic N) is 1. The Labute approximate surface area is 103 Å². The van der Waals surface area contributed by atoms with E-state index in [1.165, 1.54) is 11.1 Å². The molecule has 90 valence electrons. The summed E-state index contributed by atoms with van der Waals surface area (Å²) in [6, 6.07) is 10.1. The lowest BCUT2D eigenvalue weighted by Gasteiger charge is -2.17. The molecule has 0 atom stereocenters. The van der Waals surface area contributed by atoms with Crippen molar-refractivity contribution < 1.29 is 4.79 Å². The fourth-order valence-electron chi connectivity index (χ4n) is 2.22. The van der Waals surface area contributed by atoms with Gasteiger partial charge in [0.1, 0.15) is 0 Å². The molecule has 0 bridgehead atoms. The number of carbonyl (C=O) groups excluding carboxylic acids is 1. The zero-order valence-electron chi connectivity index (χ0n) is 10.5. The Morgan fingerprint density at radius 2 is 1.94 bits per heavy atom. The van der Waals surface area contributed by atoms with E-state index in [9.17, 15) is 4.79 Å². The minimum Gasteiger partial charge on any atom is -0.331 e. The minimum absolute atomic E-state index is 0.157. The van der Waals surface area contributed by atoms with Crippen LogP contribution >= 0.6 is 0 Å². The van der Waals surface area contributed by atoms with Crippen LogP contribution in [0.5, 0.6) is 0 Å². The van der Waals surface area contributed by atoms with Crippen LogP contribution in [0.4, 0.5) is 0 Å². The summed E-state index contributed by atoms with van der Waals surface area (Å²) in [5.74, 6) is 0.773. The molecule has 0 aliphatic carbocycles. The van der Waals surface area contributed by atoms with Gasteiger partial charge in [0, 0.05) is 19.2 Å². The topological polar surface area (TPSA) is 20.3 Å². The Hall–Kier alpha value is -1.57. The van der Waals surface area contributed by atoms with Crippen molar-refractivity contribution in [3.63, 3.8) is 0 Å². The highest BCUT2D eigenvalue weighted by Crippen LogP contribution is 2.20. The smallest absolute Gasteiger partial charge is 0.247 e. The number of carbonyl (C=O) groups is 1. The summed E-state index contributed by atoms with van der Waals surface area (Å²) >= 11 is 0. The van der Waals surface area contributed by atoms with Crippen LogP contribution in [0, 0.1) is 5.92 Å². The van der Waals surface area contributed by atoms with Gasteiger partial charge in [0.15, 0.2) is 0 Å². The van der Waals surface area contributed by atoms with E-state index in [2.05, 4.69) is 26.0 Å². The van der Waals surface area contributed by atoms with Crippen LogP contribution in [0.15, 0.2) is 42.0 Å². The molecule has 1 aromatic carbocycles. The molecule has 0 aromatic heterocycles. The Morgan fingerprint density at radius 3 is 2.59 bits per heavy atom. The molecule has 2 heteroatoms. The zero-order valence-corrected chi connectivity index (χ0v) is 10.5. The van der Waals surface area contributed by atoms with Crippen LogP contribution in [0.25, 0.3) is 0 Å². The second-order valence-electron chi connectivity index (χ2n) is 5.08. The summed E-state index contributed by atoms with van der Waals surface area (Å²) in [7, 11) is 0. The molecule has 2 nitrogen and oxygen atoms in total. The molecule has 1 amide bonds. The first-order valence-corrected chi connectivity index (χ1v) is 6.17. The van der Waals surface area contributed by atoms with Gasteiger partial charge in [-0.2, -0.15) is 0 Å². The predicted octanol–water partition coefficient (Wildman–Crippen LogP) is 3.00. The number of benzene rings is 1. The molecule has 17 heavy (non-hydrogen) atoms. The first kappa shape index (κ1) is 11.9. The standard InChI is InChI=1S/C15H19NO/c1-12(2)8-14-9-15(17)16(11-14)10-13-6-4-3-5-7-13/h3-7,9,12H,8,10-11H2,1-2H3. The molecule has 2 rings (SSSR count). The van der Waals surface area contributed by atoms with Gasteiger partial charge in [-0.25, -0.2) is 0 Å². The van der Waals surface area contributed by atoms with Gasteiger partial charge in [0.2, 0.25) is 5.91 Å². The first-order valence-electron chi connectivity index (χ1n) is 6.17. The molecule has 0 N–H and O–H groups in total. The van der Waals surface area contributed by atoms with Gasteiger partial charge in [-0.05, 0) is 23.5 Å². The molecule has 0 saturated heterocycles. The molecule has 0 radical (unpaired) electrons. The third-order valence-electron chi connectivity index (χ3n) is 2.92. The molecular formula is C15H19NO. The number of hydrogen-bond acceptors (Lipinski definition) is 1. The van der Waals surface area contributed by atoms with Gasteiger partial charge in [0.25, 0.3) is 0 Å². The summed E-state index contributed by atoms with van der Waals surface area (Å²) in [5, 5.41) is 0. The van der Waals surface area contributed by atoms with Crippen LogP contribution in [0.2, 0.25) is 0 Å². The van der Waals surface area contributed by atoms with E-state index in [0.29, 0.717) is 5.92 Å². The zero-order chi connectivity index (χ0) is 12.3. The van der Waals surface area contributed by atoms with Crippen LogP contribution < -0.4 is 0 Å². The fourth-order valence-corrected chi connectivity index (χ4v) is 2.22. The summed E-state index contributed by atoms with van der Waals surface area (Å²) in [6.07, 6.45) is 2.83. The van der Waals surface area contributed by atoms with Gasteiger partial charge in [-0.3, -0.25) is 4.79 Å². The van der Waals surface area contributed by atoms with Crippen LogP contribution in [-0.2, 0) is 11.3 Å². The molecule has 0 spiro atoms. The molecule has 0 unspecified atom stereocenters. The largest absolute Gasteiger partial charge is 0.331 e. The Morgan fingerprint density at radius 1 is 1.24 bits per heavy atom. The van der Waals surface area contributed by atoms with Crippen molar-refractivity contribution in [1.82, 2.24) is 4.90 Å². The maximum absolute atomic E-state index is 11.8. The lowest BCUT2D eigenvalue weighted by molar-refractivity contribution is -0.125. The van der Waals surface area contributed by atoms with Crippen molar-refractivity contribution in [3.8, 4) is 0 Å². The molecule has 0 fully saturated rings. The highest BCUT2D eigenvalue weighted by Gasteiger charge is 2.21. The van der Waals surface area contributed by atoms with Crippen molar-refractivity contribution in [2.75, 3.05) is 6.54 Å². The van der Waals surface area contributed by atoms with E-state index < -0.39 is 0 Å². The van der Waals surface area contributed by atoms with Crippen molar-refractivity contribution in [2.24, 2.45) is 5.92 Å². The van der Waals surface area contributed by atoms with Gasteiger partial charge < -0.3 is 4.90 Å². The normalized spacial score (nSPS) is 15.6. The molecule has 1 heterocycles. The lowest BCUT2D eigenvalue weighted by Crippen LogP contribution is -2.25. The van der Waals surface area contributed by atoms with Crippen molar-refractivity contribution in [1.29, 1.82) is 0 Å². The van der Waals surface area contributed by atoms with E-state index in [4.69, 9.17) is 0 Å². The third kappa shape index (κ3) is 3.19. The summed E-state index contributed by atoms with van der Waals surface area (Å²) in [6.45, 7) is 5.89. The average molecular weight is 229 g/mol. The van der Waals surface area contributed by atoms with Crippen LogP contribution in [-0.4, -0.2) is 17.4 Å².